The number of aromatic amines is 1. The van der Waals surface area contributed by atoms with Gasteiger partial charge in [-0.15, -0.1) is 0 Å². The molecule has 0 aliphatic rings. The fourth-order valence-electron chi connectivity index (χ4n) is 3.04. The number of imidazole rings is 1. The number of aromatic nitrogens is 4. The van der Waals surface area contributed by atoms with Crippen LogP contribution < -0.4 is 15.0 Å². The smallest absolute Gasteiger partial charge is 0.264 e. The number of nitrogens with one attached hydrogen (secondary N) is 1. The molecule has 0 spiro atoms. The third kappa shape index (κ3) is 3.15. The number of methoxy groups -OCH3 is 2. The summed E-state index contributed by atoms with van der Waals surface area (Å²) >= 11 is 0. The van der Waals surface area contributed by atoms with Crippen molar-refractivity contribution in [1.82, 2.24) is 19.4 Å². The second-order valence-electron chi connectivity index (χ2n) is 6.17. The summed E-state index contributed by atoms with van der Waals surface area (Å²) in [4.78, 5) is 24.0. The molecule has 7 nitrogen and oxygen atoms in total. The van der Waals surface area contributed by atoms with Crippen LogP contribution in [0.2, 0.25) is 0 Å². The van der Waals surface area contributed by atoms with Gasteiger partial charge < -0.3 is 18.9 Å². The number of hydrogen-bond donors (Lipinski definition) is 1. The Bertz CT molecular complexity index is 1230. The number of rotatable bonds is 5. The summed E-state index contributed by atoms with van der Waals surface area (Å²) in [6.45, 7) is 0. The fraction of sp³-hybridized carbons (Fsp3) is 0.211. The normalized spacial score (nSPS) is 11.5. The van der Waals surface area contributed by atoms with Gasteiger partial charge in [0, 0.05) is 30.4 Å². The molecule has 4 aromatic rings. The van der Waals surface area contributed by atoms with E-state index in [0.29, 0.717) is 39.6 Å². The first-order chi connectivity index (χ1) is 13.5. The standard InChI is InChI=1S/C19H16F2N4O3/c1-27-14-7-12-13(8-15(14)28-2)23-16(24-19(12)26)6-11-9-25-4-3-10(18(20)21)5-17(25)22-11/h3-5,7-9,18H,6H2,1-2H3,(H,23,24,26). The number of benzene rings is 1. The van der Waals surface area contributed by atoms with Crippen LogP contribution in [-0.4, -0.2) is 33.6 Å². The fourth-order valence-corrected chi connectivity index (χ4v) is 3.04. The zero-order chi connectivity index (χ0) is 19.8. The quantitative estimate of drug-likeness (QED) is 0.570. The van der Waals surface area contributed by atoms with Crippen LogP contribution in [-0.2, 0) is 6.42 Å². The number of H-pyrrole nitrogens is 1. The second kappa shape index (κ2) is 6.91. The highest BCUT2D eigenvalue weighted by molar-refractivity contribution is 5.81. The molecule has 4 rings (SSSR count). The molecule has 1 aromatic carbocycles. The maximum Gasteiger partial charge on any atom is 0.264 e. The zero-order valence-corrected chi connectivity index (χ0v) is 15.1. The maximum absolute atomic E-state index is 12.9. The van der Waals surface area contributed by atoms with E-state index in [1.54, 1.807) is 22.7 Å². The highest BCUT2D eigenvalue weighted by Gasteiger charge is 2.13. The van der Waals surface area contributed by atoms with E-state index in [-0.39, 0.29) is 17.5 Å². The predicted octanol–water partition coefficient (Wildman–Crippen LogP) is 3.12. The Morgan fingerprint density at radius 2 is 1.89 bits per heavy atom. The molecule has 0 aliphatic carbocycles. The summed E-state index contributed by atoms with van der Waals surface area (Å²) in [7, 11) is 2.99. The summed E-state index contributed by atoms with van der Waals surface area (Å²) in [5.41, 5.74) is 1.05. The van der Waals surface area contributed by atoms with Gasteiger partial charge in [-0.1, -0.05) is 0 Å². The molecular formula is C19H16F2N4O3. The van der Waals surface area contributed by atoms with Crippen molar-refractivity contribution >= 4 is 16.6 Å². The highest BCUT2D eigenvalue weighted by atomic mass is 19.3. The lowest BCUT2D eigenvalue weighted by Gasteiger charge is -2.09. The average molecular weight is 386 g/mol. The van der Waals surface area contributed by atoms with Crippen LogP contribution in [0.3, 0.4) is 0 Å². The third-order valence-electron chi connectivity index (χ3n) is 4.39. The number of pyridine rings is 1. The maximum atomic E-state index is 12.9. The molecule has 144 valence electrons. The molecule has 0 saturated carbocycles. The van der Waals surface area contributed by atoms with Crippen molar-refractivity contribution < 1.29 is 18.3 Å². The van der Waals surface area contributed by atoms with Crippen LogP contribution in [0.15, 0.2) is 41.5 Å². The van der Waals surface area contributed by atoms with Crippen molar-refractivity contribution in [3.8, 4) is 11.5 Å². The summed E-state index contributed by atoms with van der Waals surface area (Å²) in [6.07, 6.45) is 0.922. The highest BCUT2D eigenvalue weighted by Crippen LogP contribution is 2.30. The van der Waals surface area contributed by atoms with Gasteiger partial charge in [0.1, 0.15) is 11.5 Å². The molecule has 0 fully saturated rings. The van der Waals surface area contributed by atoms with E-state index < -0.39 is 6.43 Å². The molecule has 1 N–H and O–H groups in total. The molecule has 9 heteroatoms. The van der Waals surface area contributed by atoms with E-state index in [1.165, 1.54) is 32.5 Å². The monoisotopic (exact) mass is 386 g/mol. The van der Waals surface area contributed by atoms with Gasteiger partial charge in [-0.3, -0.25) is 4.79 Å². The van der Waals surface area contributed by atoms with Crippen molar-refractivity contribution in [1.29, 1.82) is 0 Å². The van der Waals surface area contributed by atoms with Gasteiger partial charge >= 0.3 is 0 Å². The van der Waals surface area contributed by atoms with Gasteiger partial charge in [-0.25, -0.2) is 18.7 Å². The van der Waals surface area contributed by atoms with Crippen molar-refractivity contribution in [3.63, 3.8) is 0 Å². The van der Waals surface area contributed by atoms with Crippen LogP contribution in [0.5, 0.6) is 11.5 Å². The van der Waals surface area contributed by atoms with E-state index in [1.807, 2.05) is 0 Å². The molecule has 3 aromatic heterocycles. The Kier molecular flexibility index (Phi) is 4.42. The molecule has 0 radical (unpaired) electrons. The Morgan fingerprint density at radius 3 is 2.61 bits per heavy atom. The first-order valence-corrected chi connectivity index (χ1v) is 8.39. The molecule has 0 atom stereocenters. The van der Waals surface area contributed by atoms with Crippen LogP contribution in [0.25, 0.3) is 16.6 Å². The molecule has 0 unspecified atom stereocenters. The minimum atomic E-state index is -2.56. The van der Waals surface area contributed by atoms with Crippen LogP contribution >= 0.6 is 0 Å². The van der Waals surface area contributed by atoms with Crippen LogP contribution in [0.1, 0.15) is 23.5 Å². The van der Waals surface area contributed by atoms with Crippen molar-refractivity contribution in [2.45, 2.75) is 12.8 Å². The first-order valence-electron chi connectivity index (χ1n) is 8.39. The molecule has 28 heavy (non-hydrogen) atoms. The Balaban J connectivity index is 1.73. The lowest BCUT2D eigenvalue weighted by Crippen LogP contribution is -2.12. The molecule has 0 saturated heterocycles. The number of ether oxygens (including phenoxy) is 2. The zero-order valence-electron chi connectivity index (χ0n) is 15.1. The van der Waals surface area contributed by atoms with Gasteiger partial charge in [0.2, 0.25) is 0 Å². The van der Waals surface area contributed by atoms with Crippen molar-refractivity contribution in [2.75, 3.05) is 14.2 Å². The van der Waals surface area contributed by atoms with Crippen molar-refractivity contribution in [3.05, 3.63) is 64.1 Å². The lowest BCUT2D eigenvalue weighted by molar-refractivity contribution is 0.151. The SMILES string of the molecule is COc1cc2nc(Cc3cn4ccc(C(F)F)cc4n3)[nH]c(=O)c2cc1OC. The lowest BCUT2D eigenvalue weighted by atomic mass is 10.2. The van der Waals surface area contributed by atoms with Gasteiger partial charge in [0.05, 0.1) is 30.8 Å². The average Bonchev–Trinajstić information content (AvgIpc) is 3.08. The Morgan fingerprint density at radius 1 is 1.14 bits per heavy atom. The molecule has 0 amide bonds. The number of fused-ring (bicyclic) bond motifs is 2. The van der Waals surface area contributed by atoms with Gasteiger partial charge in [-0.05, 0) is 18.2 Å². The summed E-state index contributed by atoms with van der Waals surface area (Å²) < 4.78 is 37.8. The molecule has 0 aliphatic heterocycles. The van der Waals surface area contributed by atoms with E-state index >= 15 is 0 Å². The number of nitrogens with zero attached hydrogens (tertiary/aromatic N) is 3. The van der Waals surface area contributed by atoms with Crippen molar-refractivity contribution in [2.24, 2.45) is 0 Å². The number of halogens is 2. The minimum Gasteiger partial charge on any atom is -0.493 e. The van der Waals surface area contributed by atoms with E-state index in [2.05, 4.69) is 15.0 Å². The third-order valence-corrected chi connectivity index (χ3v) is 4.39. The number of hydrogen-bond acceptors (Lipinski definition) is 5. The molecular weight excluding hydrogens is 370 g/mol. The van der Waals surface area contributed by atoms with Crippen LogP contribution in [0.4, 0.5) is 8.78 Å². The topological polar surface area (TPSA) is 81.5 Å². The summed E-state index contributed by atoms with van der Waals surface area (Å²) in [5.74, 6) is 1.30. The van der Waals surface area contributed by atoms with Gasteiger partial charge in [-0.2, -0.15) is 0 Å². The molecule has 3 heterocycles. The first kappa shape index (κ1) is 17.9. The van der Waals surface area contributed by atoms with Crippen LogP contribution in [0, 0.1) is 0 Å². The van der Waals surface area contributed by atoms with E-state index in [4.69, 9.17) is 9.47 Å². The Hall–Kier alpha value is -3.49. The number of alkyl halides is 2. The largest absolute Gasteiger partial charge is 0.493 e. The second-order valence-corrected chi connectivity index (χ2v) is 6.17. The molecule has 0 bridgehead atoms. The van der Waals surface area contributed by atoms with E-state index in [9.17, 15) is 13.6 Å². The van der Waals surface area contributed by atoms with Gasteiger partial charge in [0.25, 0.3) is 12.0 Å². The summed E-state index contributed by atoms with van der Waals surface area (Å²) in [5, 5.41) is 0.373. The predicted molar refractivity (Wildman–Crippen MR) is 98.4 cm³/mol. The van der Waals surface area contributed by atoms with Gasteiger partial charge in [0.15, 0.2) is 11.5 Å². The minimum absolute atomic E-state index is 0.0945. The Labute approximate surface area is 157 Å². The van der Waals surface area contributed by atoms with E-state index in [0.717, 1.165) is 0 Å². The summed E-state index contributed by atoms with van der Waals surface area (Å²) in [6, 6.07) is 5.88.